The Hall–Kier alpha value is -0.0800. The summed E-state index contributed by atoms with van der Waals surface area (Å²) in [5.41, 5.74) is 0. The zero-order valence-corrected chi connectivity index (χ0v) is 10.5. The molecule has 1 unspecified atom stereocenters. The molecule has 0 aromatic carbocycles. The Morgan fingerprint density at radius 2 is 1.88 bits per heavy atom. The van der Waals surface area contributed by atoms with Crippen molar-refractivity contribution in [3.63, 3.8) is 0 Å². The number of hydrogen-bond donors (Lipinski definition) is 1. The maximum Gasteiger partial charge on any atom is 0.0700 e. The van der Waals surface area contributed by atoms with Crippen LogP contribution in [0, 0.1) is 5.92 Å². The summed E-state index contributed by atoms with van der Waals surface area (Å²) in [5.74, 6) is 1.04. The van der Waals surface area contributed by atoms with E-state index in [1.807, 2.05) is 0 Å². The van der Waals surface area contributed by atoms with E-state index in [0.717, 1.165) is 19.1 Å². The highest BCUT2D eigenvalue weighted by molar-refractivity contribution is 4.69. The van der Waals surface area contributed by atoms with Crippen LogP contribution in [0.25, 0.3) is 0 Å². The first kappa shape index (κ1) is 12.4. The first-order valence-corrected chi connectivity index (χ1v) is 7.27. The number of rotatable bonds is 6. The Morgan fingerprint density at radius 1 is 1.00 bits per heavy atom. The minimum absolute atomic E-state index is 0.509. The fourth-order valence-corrected chi connectivity index (χ4v) is 3.06. The third-order valence-electron chi connectivity index (χ3n) is 4.09. The quantitative estimate of drug-likeness (QED) is 0.701. The molecule has 0 amide bonds. The fourth-order valence-electron chi connectivity index (χ4n) is 3.06. The molecule has 1 aliphatic heterocycles. The molecule has 16 heavy (non-hydrogen) atoms. The molecular weight excluding hydrogens is 198 g/mol. The minimum atomic E-state index is 0.509. The van der Waals surface area contributed by atoms with Gasteiger partial charge in [-0.3, -0.25) is 0 Å². The molecule has 1 aliphatic carbocycles. The van der Waals surface area contributed by atoms with Crippen LogP contribution in [0.3, 0.4) is 0 Å². The lowest BCUT2D eigenvalue weighted by Crippen LogP contribution is -2.27. The van der Waals surface area contributed by atoms with Crippen LogP contribution in [-0.4, -0.2) is 25.8 Å². The van der Waals surface area contributed by atoms with E-state index in [9.17, 15) is 0 Å². The summed E-state index contributed by atoms with van der Waals surface area (Å²) in [6, 6.07) is 0. The fraction of sp³-hybridized carbons (Fsp3) is 1.00. The largest absolute Gasteiger partial charge is 0.377 e. The summed E-state index contributed by atoms with van der Waals surface area (Å²) in [6.45, 7) is 3.25. The van der Waals surface area contributed by atoms with E-state index < -0.39 is 0 Å². The average molecular weight is 225 g/mol. The lowest BCUT2D eigenvalue weighted by Gasteiger charge is -2.21. The number of nitrogens with one attached hydrogen (secondary N) is 1. The average Bonchev–Trinajstić information content (AvgIpc) is 2.83. The van der Waals surface area contributed by atoms with Gasteiger partial charge in [0.2, 0.25) is 0 Å². The molecule has 1 N–H and O–H groups in total. The van der Waals surface area contributed by atoms with Gasteiger partial charge in [0.15, 0.2) is 0 Å². The Balaban J connectivity index is 1.42. The molecule has 1 saturated carbocycles. The minimum Gasteiger partial charge on any atom is -0.377 e. The van der Waals surface area contributed by atoms with Gasteiger partial charge in [-0.1, -0.05) is 32.1 Å². The van der Waals surface area contributed by atoms with Crippen molar-refractivity contribution in [1.29, 1.82) is 0 Å². The number of hydrogen-bond acceptors (Lipinski definition) is 2. The van der Waals surface area contributed by atoms with Gasteiger partial charge in [-0.25, -0.2) is 0 Å². The van der Waals surface area contributed by atoms with Gasteiger partial charge in [0.25, 0.3) is 0 Å². The Labute approximate surface area is 100 Å². The lowest BCUT2D eigenvalue weighted by atomic mass is 9.86. The molecule has 0 radical (unpaired) electrons. The van der Waals surface area contributed by atoms with E-state index in [-0.39, 0.29) is 0 Å². The van der Waals surface area contributed by atoms with Crippen molar-refractivity contribution in [3.8, 4) is 0 Å². The highest BCUT2D eigenvalue weighted by Crippen LogP contribution is 2.26. The van der Waals surface area contributed by atoms with Crippen LogP contribution < -0.4 is 5.32 Å². The van der Waals surface area contributed by atoms with E-state index in [4.69, 9.17) is 4.74 Å². The summed E-state index contributed by atoms with van der Waals surface area (Å²) in [6.07, 6.45) is 13.3. The van der Waals surface area contributed by atoms with Crippen LogP contribution in [0.4, 0.5) is 0 Å². The molecule has 1 heterocycles. The highest BCUT2D eigenvalue weighted by Gasteiger charge is 2.15. The van der Waals surface area contributed by atoms with Gasteiger partial charge in [-0.05, 0) is 38.1 Å². The van der Waals surface area contributed by atoms with Gasteiger partial charge in [0.05, 0.1) is 6.10 Å². The summed E-state index contributed by atoms with van der Waals surface area (Å²) < 4.78 is 5.59. The smallest absolute Gasteiger partial charge is 0.0700 e. The van der Waals surface area contributed by atoms with Gasteiger partial charge in [-0.2, -0.15) is 0 Å². The maximum atomic E-state index is 5.59. The van der Waals surface area contributed by atoms with Crippen LogP contribution in [0.2, 0.25) is 0 Å². The van der Waals surface area contributed by atoms with Crippen molar-refractivity contribution < 1.29 is 4.74 Å². The van der Waals surface area contributed by atoms with Crippen molar-refractivity contribution >= 4 is 0 Å². The van der Waals surface area contributed by atoms with Crippen molar-refractivity contribution in [1.82, 2.24) is 5.32 Å². The normalized spacial score (nSPS) is 27.4. The van der Waals surface area contributed by atoms with Crippen molar-refractivity contribution in [2.75, 3.05) is 19.7 Å². The molecule has 0 bridgehead atoms. The third-order valence-corrected chi connectivity index (χ3v) is 4.09. The van der Waals surface area contributed by atoms with Crippen molar-refractivity contribution in [3.05, 3.63) is 0 Å². The van der Waals surface area contributed by atoms with Crippen LogP contribution in [0.5, 0.6) is 0 Å². The first-order valence-electron chi connectivity index (χ1n) is 7.27. The molecule has 0 aromatic rings. The van der Waals surface area contributed by atoms with Crippen LogP contribution in [0.1, 0.15) is 57.8 Å². The molecule has 0 aromatic heterocycles. The lowest BCUT2D eigenvalue weighted by molar-refractivity contribution is 0.110. The molecule has 1 saturated heterocycles. The molecule has 1 atom stereocenters. The predicted molar refractivity (Wildman–Crippen MR) is 67.7 cm³/mol. The second-order valence-electron chi connectivity index (χ2n) is 5.49. The molecule has 2 rings (SSSR count). The Bertz CT molecular complexity index is 172. The van der Waals surface area contributed by atoms with Crippen LogP contribution in [-0.2, 0) is 4.74 Å². The molecule has 0 spiro atoms. The summed E-state index contributed by atoms with van der Waals surface area (Å²) in [4.78, 5) is 0. The SMILES string of the molecule is C1CCC(CCCNCC2CCCO2)CC1. The first-order chi connectivity index (χ1) is 7.95. The molecule has 2 nitrogen and oxygen atoms in total. The van der Waals surface area contributed by atoms with E-state index in [2.05, 4.69) is 5.32 Å². The second-order valence-corrected chi connectivity index (χ2v) is 5.49. The Kier molecular flexibility index (Phi) is 5.64. The molecule has 2 aliphatic rings. The van der Waals surface area contributed by atoms with Crippen LogP contribution in [0.15, 0.2) is 0 Å². The zero-order chi connectivity index (χ0) is 11.1. The number of ether oxygens (including phenoxy) is 1. The van der Waals surface area contributed by atoms with Gasteiger partial charge in [0, 0.05) is 13.2 Å². The standard InChI is InChI=1S/C14H27NO/c1-2-6-13(7-3-1)8-4-10-15-12-14-9-5-11-16-14/h13-15H,1-12H2. The molecular formula is C14H27NO. The topological polar surface area (TPSA) is 21.3 Å². The Morgan fingerprint density at radius 3 is 2.62 bits per heavy atom. The molecule has 94 valence electrons. The van der Waals surface area contributed by atoms with Crippen molar-refractivity contribution in [2.45, 2.75) is 63.9 Å². The monoisotopic (exact) mass is 225 g/mol. The predicted octanol–water partition coefficient (Wildman–Crippen LogP) is 3.12. The van der Waals surface area contributed by atoms with E-state index in [0.29, 0.717) is 6.10 Å². The summed E-state index contributed by atoms with van der Waals surface area (Å²) >= 11 is 0. The third kappa shape index (κ3) is 4.42. The van der Waals surface area contributed by atoms with Gasteiger partial charge >= 0.3 is 0 Å². The highest BCUT2D eigenvalue weighted by atomic mass is 16.5. The van der Waals surface area contributed by atoms with Gasteiger partial charge in [0.1, 0.15) is 0 Å². The van der Waals surface area contributed by atoms with Crippen molar-refractivity contribution in [2.24, 2.45) is 5.92 Å². The zero-order valence-electron chi connectivity index (χ0n) is 10.5. The van der Waals surface area contributed by atoms with Crippen LogP contribution >= 0.6 is 0 Å². The second kappa shape index (κ2) is 7.29. The summed E-state index contributed by atoms with van der Waals surface area (Å²) in [5, 5.41) is 3.54. The van der Waals surface area contributed by atoms with Gasteiger partial charge in [-0.15, -0.1) is 0 Å². The van der Waals surface area contributed by atoms with E-state index >= 15 is 0 Å². The van der Waals surface area contributed by atoms with E-state index in [1.165, 1.54) is 64.3 Å². The summed E-state index contributed by atoms with van der Waals surface area (Å²) in [7, 11) is 0. The maximum absolute atomic E-state index is 5.59. The molecule has 2 heteroatoms. The van der Waals surface area contributed by atoms with E-state index in [1.54, 1.807) is 0 Å². The molecule has 2 fully saturated rings. The van der Waals surface area contributed by atoms with Gasteiger partial charge < -0.3 is 10.1 Å².